The van der Waals surface area contributed by atoms with Crippen LogP contribution >= 0.6 is 0 Å². The van der Waals surface area contributed by atoms with Crippen molar-refractivity contribution in [1.82, 2.24) is 4.90 Å². The van der Waals surface area contributed by atoms with Crippen molar-refractivity contribution in [3.05, 3.63) is 29.3 Å². The van der Waals surface area contributed by atoms with Crippen LogP contribution in [-0.2, 0) is 11.0 Å². The van der Waals surface area contributed by atoms with Gasteiger partial charge in [0, 0.05) is 19.8 Å². The highest BCUT2D eigenvalue weighted by Crippen LogP contribution is 2.32. The van der Waals surface area contributed by atoms with Crippen LogP contribution in [0, 0.1) is 0 Å². The van der Waals surface area contributed by atoms with E-state index in [-0.39, 0.29) is 11.6 Å². The Bertz CT molecular complexity index is 556. The summed E-state index contributed by atoms with van der Waals surface area (Å²) < 4.78 is 37.8. The molecule has 8 heteroatoms. The summed E-state index contributed by atoms with van der Waals surface area (Å²) in [6.45, 7) is 1.49. The Morgan fingerprint density at radius 1 is 1.29 bits per heavy atom. The van der Waals surface area contributed by atoms with E-state index in [1.165, 1.54) is 25.9 Å². The molecule has 0 heterocycles. The summed E-state index contributed by atoms with van der Waals surface area (Å²) in [6, 6.07) is 1.54. The second kappa shape index (κ2) is 6.02. The molecule has 1 unspecified atom stereocenters. The minimum Gasteiger partial charge on any atom is -0.478 e. The zero-order valence-electron chi connectivity index (χ0n) is 11.7. The molecule has 0 fully saturated rings. The molecule has 0 bridgehead atoms. The van der Waals surface area contributed by atoms with Crippen LogP contribution < -0.4 is 5.32 Å². The van der Waals surface area contributed by atoms with Crippen molar-refractivity contribution in [3.8, 4) is 0 Å². The lowest BCUT2D eigenvalue weighted by atomic mass is 10.1. The van der Waals surface area contributed by atoms with E-state index in [4.69, 9.17) is 5.11 Å². The Labute approximate surface area is 119 Å². The maximum absolute atomic E-state index is 12.6. The van der Waals surface area contributed by atoms with E-state index in [0.717, 1.165) is 12.1 Å². The van der Waals surface area contributed by atoms with E-state index in [0.29, 0.717) is 6.07 Å². The highest BCUT2D eigenvalue weighted by molar-refractivity contribution is 5.95. The van der Waals surface area contributed by atoms with Gasteiger partial charge in [0.25, 0.3) is 0 Å². The first-order valence-corrected chi connectivity index (χ1v) is 5.96. The summed E-state index contributed by atoms with van der Waals surface area (Å²) in [7, 11) is 3.04. The largest absolute Gasteiger partial charge is 0.478 e. The lowest BCUT2D eigenvalue weighted by Gasteiger charge is -2.20. The van der Waals surface area contributed by atoms with Crippen LogP contribution in [0.3, 0.4) is 0 Å². The molecule has 0 saturated heterocycles. The van der Waals surface area contributed by atoms with Crippen molar-refractivity contribution in [2.45, 2.75) is 19.1 Å². The molecule has 0 aliphatic carbocycles. The van der Waals surface area contributed by atoms with Gasteiger partial charge < -0.3 is 15.3 Å². The molecule has 0 saturated carbocycles. The average molecular weight is 304 g/mol. The summed E-state index contributed by atoms with van der Waals surface area (Å²) in [5.41, 5.74) is -1.64. The van der Waals surface area contributed by atoms with Gasteiger partial charge in [-0.2, -0.15) is 13.2 Å². The van der Waals surface area contributed by atoms with Crippen molar-refractivity contribution >= 4 is 17.6 Å². The van der Waals surface area contributed by atoms with Gasteiger partial charge in [0.1, 0.15) is 6.04 Å². The second-order valence-electron chi connectivity index (χ2n) is 4.66. The maximum Gasteiger partial charge on any atom is 0.416 e. The fourth-order valence-electron chi connectivity index (χ4n) is 1.71. The van der Waals surface area contributed by atoms with Crippen molar-refractivity contribution in [2.24, 2.45) is 0 Å². The predicted molar refractivity (Wildman–Crippen MR) is 70.2 cm³/mol. The standard InChI is InChI=1S/C13H15F3N2O3/c1-7(11(19)18(2)3)17-10-5-4-8(13(14,15)16)6-9(10)12(20)21/h4-7,17H,1-3H3,(H,20,21). The molecule has 1 atom stereocenters. The third kappa shape index (κ3) is 4.11. The van der Waals surface area contributed by atoms with Crippen molar-refractivity contribution in [2.75, 3.05) is 19.4 Å². The number of hydrogen-bond acceptors (Lipinski definition) is 3. The first-order chi connectivity index (χ1) is 9.54. The van der Waals surface area contributed by atoms with Crippen LogP contribution in [0.25, 0.3) is 0 Å². The molecule has 1 aromatic rings. The highest BCUT2D eigenvalue weighted by Gasteiger charge is 2.32. The van der Waals surface area contributed by atoms with E-state index < -0.39 is 29.3 Å². The number of alkyl halides is 3. The summed E-state index contributed by atoms with van der Waals surface area (Å²) in [6.07, 6.45) is -4.63. The number of carbonyl (C=O) groups is 2. The number of anilines is 1. The van der Waals surface area contributed by atoms with E-state index in [1.807, 2.05) is 0 Å². The minimum atomic E-state index is -4.63. The first kappa shape index (κ1) is 16.8. The summed E-state index contributed by atoms with van der Waals surface area (Å²) in [4.78, 5) is 24.1. The van der Waals surface area contributed by atoms with Gasteiger partial charge in [-0.05, 0) is 25.1 Å². The molecule has 1 aromatic carbocycles. The topological polar surface area (TPSA) is 69.6 Å². The molecule has 1 amide bonds. The normalized spacial score (nSPS) is 12.7. The number of nitrogens with one attached hydrogen (secondary N) is 1. The Balaban J connectivity index is 3.14. The van der Waals surface area contributed by atoms with E-state index >= 15 is 0 Å². The first-order valence-electron chi connectivity index (χ1n) is 5.96. The number of halogens is 3. The molecule has 0 spiro atoms. The number of likely N-dealkylation sites (N-methyl/N-ethyl adjacent to an activating group) is 1. The minimum absolute atomic E-state index is 0.0433. The van der Waals surface area contributed by atoms with Gasteiger partial charge in [-0.15, -0.1) is 0 Å². The maximum atomic E-state index is 12.6. The lowest BCUT2D eigenvalue weighted by Crippen LogP contribution is -2.37. The number of nitrogens with zero attached hydrogens (tertiary/aromatic N) is 1. The number of benzene rings is 1. The summed E-state index contributed by atoms with van der Waals surface area (Å²) >= 11 is 0. The van der Waals surface area contributed by atoms with Crippen LogP contribution in [-0.4, -0.2) is 42.0 Å². The van der Waals surface area contributed by atoms with Crippen LogP contribution in [0.1, 0.15) is 22.8 Å². The van der Waals surface area contributed by atoms with E-state index in [9.17, 15) is 22.8 Å². The average Bonchev–Trinajstić information content (AvgIpc) is 2.36. The van der Waals surface area contributed by atoms with E-state index in [2.05, 4.69) is 5.32 Å². The molecule has 116 valence electrons. The number of aromatic carboxylic acids is 1. The highest BCUT2D eigenvalue weighted by atomic mass is 19.4. The molecular weight excluding hydrogens is 289 g/mol. The number of rotatable bonds is 4. The van der Waals surface area contributed by atoms with Gasteiger partial charge in [0.05, 0.1) is 11.1 Å². The summed E-state index contributed by atoms with van der Waals surface area (Å²) in [5.74, 6) is -1.83. The van der Waals surface area contributed by atoms with Gasteiger partial charge in [-0.1, -0.05) is 0 Å². The van der Waals surface area contributed by atoms with Crippen molar-refractivity contribution < 1.29 is 27.9 Å². The number of amides is 1. The molecule has 0 aliphatic rings. The van der Waals surface area contributed by atoms with Gasteiger partial charge in [-0.25, -0.2) is 4.79 Å². The molecule has 0 aliphatic heterocycles. The van der Waals surface area contributed by atoms with Crippen LogP contribution in [0.15, 0.2) is 18.2 Å². The Morgan fingerprint density at radius 3 is 2.29 bits per heavy atom. The SMILES string of the molecule is CC(Nc1ccc(C(F)(F)F)cc1C(=O)O)C(=O)N(C)C. The molecule has 0 aromatic heterocycles. The molecule has 1 rings (SSSR count). The fraction of sp³-hybridized carbons (Fsp3) is 0.385. The number of carboxylic acid groups (broad SMARTS) is 1. The number of carboxylic acids is 1. The Hall–Kier alpha value is -2.25. The van der Waals surface area contributed by atoms with Gasteiger partial charge in [0.15, 0.2) is 0 Å². The lowest BCUT2D eigenvalue weighted by molar-refractivity contribution is -0.137. The smallest absolute Gasteiger partial charge is 0.416 e. The summed E-state index contributed by atoms with van der Waals surface area (Å²) in [5, 5.41) is 11.6. The molecule has 21 heavy (non-hydrogen) atoms. The van der Waals surface area contributed by atoms with Crippen molar-refractivity contribution in [3.63, 3.8) is 0 Å². The molecule has 5 nitrogen and oxygen atoms in total. The number of hydrogen-bond donors (Lipinski definition) is 2. The fourth-order valence-corrected chi connectivity index (χ4v) is 1.71. The third-order valence-corrected chi connectivity index (χ3v) is 2.76. The van der Waals surface area contributed by atoms with Gasteiger partial charge in [-0.3, -0.25) is 4.79 Å². The zero-order chi connectivity index (χ0) is 16.4. The molecule has 0 radical (unpaired) electrons. The van der Waals surface area contributed by atoms with Crippen molar-refractivity contribution in [1.29, 1.82) is 0 Å². The predicted octanol–water partition coefficient (Wildman–Crippen LogP) is 2.29. The number of carbonyl (C=O) groups excluding carboxylic acids is 1. The second-order valence-corrected chi connectivity index (χ2v) is 4.66. The Kier molecular flexibility index (Phi) is 4.82. The van der Waals surface area contributed by atoms with Gasteiger partial charge >= 0.3 is 12.1 Å². The quantitative estimate of drug-likeness (QED) is 0.895. The third-order valence-electron chi connectivity index (χ3n) is 2.76. The van der Waals surface area contributed by atoms with Crippen LogP contribution in [0.5, 0.6) is 0 Å². The van der Waals surface area contributed by atoms with E-state index in [1.54, 1.807) is 0 Å². The molecule has 2 N–H and O–H groups in total. The van der Waals surface area contributed by atoms with Crippen LogP contribution in [0.4, 0.5) is 18.9 Å². The van der Waals surface area contributed by atoms with Crippen LogP contribution in [0.2, 0.25) is 0 Å². The van der Waals surface area contributed by atoms with Gasteiger partial charge in [0.2, 0.25) is 5.91 Å². The monoisotopic (exact) mass is 304 g/mol. The zero-order valence-corrected chi connectivity index (χ0v) is 11.7. The Morgan fingerprint density at radius 2 is 1.86 bits per heavy atom. The molecular formula is C13H15F3N2O3.